The van der Waals surface area contributed by atoms with Crippen molar-refractivity contribution in [3.8, 4) is 0 Å². The number of benzene rings is 4. The maximum Gasteiger partial charge on any atom is 0.149 e. The highest BCUT2D eigenvalue weighted by Crippen LogP contribution is 2.38. The summed E-state index contributed by atoms with van der Waals surface area (Å²) < 4.78 is 0. The first-order valence-electron chi connectivity index (χ1n) is 12.8. The first-order chi connectivity index (χ1) is 17.8. The number of fused-ring (bicyclic) bond motifs is 1. The van der Waals surface area contributed by atoms with Gasteiger partial charge >= 0.3 is 0 Å². The van der Waals surface area contributed by atoms with Crippen molar-refractivity contribution in [2.24, 2.45) is 0 Å². The van der Waals surface area contributed by atoms with Gasteiger partial charge in [0.05, 0.1) is 19.0 Å². The van der Waals surface area contributed by atoms with Gasteiger partial charge in [0.25, 0.3) is 0 Å². The van der Waals surface area contributed by atoms with Gasteiger partial charge in [-0.1, -0.05) is 121 Å². The standard InChI is InChI=1S/C32H32N4/c1-5-13-27(14-6-1)21-33-25-34(22-28-15-7-2-8-16-28)32-31(33)35(23-29-17-9-3-10-18-29)26-36(32)24-30-19-11-4-12-20-30/h1-20,31-32H,21-25H2/t31-,32+. The lowest BCUT2D eigenvalue weighted by Gasteiger charge is -2.30. The third-order valence-corrected chi connectivity index (χ3v) is 7.12. The Kier molecular flexibility index (Phi) is 6.92. The second-order valence-electron chi connectivity index (χ2n) is 9.76. The molecule has 0 aliphatic carbocycles. The molecule has 0 unspecified atom stereocenters. The molecular formula is C32H32N4. The molecule has 0 bridgehead atoms. The lowest BCUT2D eigenvalue weighted by molar-refractivity contribution is 0.101. The molecule has 36 heavy (non-hydrogen) atoms. The van der Waals surface area contributed by atoms with Gasteiger partial charge in [0.2, 0.25) is 0 Å². The molecule has 2 aliphatic heterocycles. The van der Waals surface area contributed by atoms with Gasteiger partial charge in [-0.25, -0.2) is 0 Å². The third kappa shape index (κ3) is 5.13. The summed E-state index contributed by atoms with van der Waals surface area (Å²) in [6.07, 6.45) is 0.440. The van der Waals surface area contributed by atoms with E-state index in [0.717, 1.165) is 32.8 Å². The van der Waals surface area contributed by atoms with Crippen molar-refractivity contribution < 1.29 is 0 Å². The largest absolute Gasteiger partial charge is 0.268 e. The Morgan fingerprint density at radius 1 is 0.444 bits per heavy atom. The highest BCUT2D eigenvalue weighted by Gasteiger charge is 2.51. The maximum absolute atomic E-state index is 3.80. The summed E-state index contributed by atoms with van der Waals surface area (Å²) >= 11 is 0. The highest BCUT2D eigenvalue weighted by molar-refractivity contribution is 5.21. The van der Waals surface area contributed by atoms with Gasteiger partial charge in [-0.2, -0.15) is 0 Å². The van der Waals surface area contributed by atoms with E-state index in [1.165, 1.54) is 22.3 Å². The molecule has 0 aromatic heterocycles. The summed E-state index contributed by atoms with van der Waals surface area (Å²) in [6, 6.07) is 43.3. The zero-order chi connectivity index (χ0) is 24.2. The summed E-state index contributed by atoms with van der Waals surface area (Å²) in [5.74, 6) is 0. The first kappa shape index (κ1) is 23.1. The zero-order valence-corrected chi connectivity index (χ0v) is 20.5. The topological polar surface area (TPSA) is 13.0 Å². The molecule has 2 radical (unpaired) electrons. The third-order valence-electron chi connectivity index (χ3n) is 7.12. The molecule has 0 N–H and O–H groups in total. The van der Waals surface area contributed by atoms with Crippen LogP contribution in [0, 0.1) is 6.67 Å². The molecule has 0 saturated carbocycles. The fraction of sp³-hybridized carbons (Fsp3) is 0.219. The van der Waals surface area contributed by atoms with Crippen LogP contribution in [-0.2, 0) is 26.2 Å². The van der Waals surface area contributed by atoms with Crippen molar-refractivity contribution in [1.29, 1.82) is 0 Å². The Balaban J connectivity index is 1.33. The highest BCUT2D eigenvalue weighted by atomic mass is 15.6. The molecule has 0 spiro atoms. The molecule has 2 heterocycles. The summed E-state index contributed by atoms with van der Waals surface area (Å²) in [6.45, 7) is 8.24. The van der Waals surface area contributed by atoms with E-state index < -0.39 is 0 Å². The summed E-state index contributed by atoms with van der Waals surface area (Å²) in [4.78, 5) is 10.1. The number of hydrogen-bond acceptors (Lipinski definition) is 4. The van der Waals surface area contributed by atoms with Crippen LogP contribution < -0.4 is 0 Å². The van der Waals surface area contributed by atoms with Gasteiger partial charge in [-0.15, -0.1) is 0 Å². The van der Waals surface area contributed by atoms with Crippen LogP contribution in [-0.4, -0.2) is 38.6 Å². The van der Waals surface area contributed by atoms with E-state index in [2.05, 4.69) is 148 Å². The predicted molar refractivity (Wildman–Crippen MR) is 144 cm³/mol. The number of rotatable bonds is 8. The average Bonchev–Trinajstić information content (AvgIpc) is 3.45. The van der Waals surface area contributed by atoms with Crippen molar-refractivity contribution in [3.05, 3.63) is 150 Å². The van der Waals surface area contributed by atoms with Gasteiger partial charge in [-0.3, -0.25) is 19.6 Å². The van der Waals surface area contributed by atoms with Crippen LogP contribution in [0.25, 0.3) is 0 Å². The predicted octanol–water partition coefficient (Wildman–Crippen LogP) is 5.63. The van der Waals surface area contributed by atoms with Crippen molar-refractivity contribution in [2.45, 2.75) is 38.5 Å². The zero-order valence-electron chi connectivity index (χ0n) is 20.5. The molecule has 4 aromatic rings. The summed E-state index contributed by atoms with van der Waals surface area (Å²) in [7, 11) is 0. The normalized spacial score (nSPS) is 21.1. The van der Waals surface area contributed by atoms with Crippen molar-refractivity contribution in [1.82, 2.24) is 19.6 Å². The van der Waals surface area contributed by atoms with Crippen LogP contribution in [0.5, 0.6) is 0 Å². The molecule has 4 heteroatoms. The lowest BCUT2D eigenvalue weighted by Crippen LogP contribution is -2.45. The van der Waals surface area contributed by atoms with Crippen molar-refractivity contribution in [2.75, 3.05) is 6.67 Å². The smallest absolute Gasteiger partial charge is 0.149 e. The molecule has 6 rings (SSSR count). The van der Waals surface area contributed by atoms with E-state index in [-0.39, 0.29) is 12.3 Å². The molecule has 2 atom stereocenters. The second kappa shape index (κ2) is 10.8. The van der Waals surface area contributed by atoms with E-state index in [1.54, 1.807) is 0 Å². The van der Waals surface area contributed by atoms with Crippen LogP contribution in [0.15, 0.2) is 121 Å². The average molecular weight is 473 g/mol. The van der Waals surface area contributed by atoms with Crippen LogP contribution in [0.1, 0.15) is 22.3 Å². The number of hydrogen-bond donors (Lipinski definition) is 0. The second-order valence-corrected chi connectivity index (χ2v) is 9.76. The quantitative estimate of drug-likeness (QED) is 0.330. The minimum absolute atomic E-state index is 0.220. The molecule has 2 aliphatic rings. The lowest BCUT2D eigenvalue weighted by atomic mass is 10.1. The van der Waals surface area contributed by atoms with Gasteiger partial charge < -0.3 is 0 Å². The Labute approximate surface area is 215 Å². The molecule has 2 saturated heterocycles. The van der Waals surface area contributed by atoms with Gasteiger partial charge in [-0.05, 0) is 22.3 Å². The van der Waals surface area contributed by atoms with Gasteiger partial charge in [0.15, 0.2) is 0 Å². The van der Waals surface area contributed by atoms with Gasteiger partial charge in [0.1, 0.15) is 6.67 Å². The minimum Gasteiger partial charge on any atom is -0.268 e. The minimum atomic E-state index is 0.220. The maximum atomic E-state index is 3.80. The van der Waals surface area contributed by atoms with E-state index >= 15 is 0 Å². The van der Waals surface area contributed by atoms with E-state index in [9.17, 15) is 0 Å². The molecule has 4 nitrogen and oxygen atoms in total. The van der Waals surface area contributed by atoms with Crippen molar-refractivity contribution in [3.63, 3.8) is 0 Å². The fourth-order valence-corrected chi connectivity index (χ4v) is 5.52. The molecule has 4 aromatic carbocycles. The van der Waals surface area contributed by atoms with E-state index in [0.29, 0.717) is 0 Å². The van der Waals surface area contributed by atoms with Gasteiger partial charge in [0, 0.05) is 26.2 Å². The van der Waals surface area contributed by atoms with Crippen LogP contribution >= 0.6 is 0 Å². The summed E-state index contributed by atoms with van der Waals surface area (Å²) in [5.41, 5.74) is 5.32. The Bertz CT molecular complexity index is 1020. The van der Waals surface area contributed by atoms with E-state index in [1.807, 2.05) is 0 Å². The first-order valence-corrected chi connectivity index (χ1v) is 12.8. The SMILES string of the molecule is [C]1N(Cc2ccccc2)[C@H]2[C@@H](N1Cc1ccccc1)N(Cc1ccccc1)CN2Cc1ccccc1. The van der Waals surface area contributed by atoms with Crippen LogP contribution in [0.2, 0.25) is 0 Å². The Hall–Kier alpha value is -3.28. The van der Waals surface area contributed by atoms with Crippen LogP contribution in [0.3, 0.4) is 0 Å². The molecule has 180 valence electrons. The van der Waals surface area contributed by atoms with Crippen molar-refractivity contribution >= 4 is 0 Å². The van der Waals surface area contributed by atoms with E-state index in [4.69, 9.17) is 0 Å². The van der Waals surface area contributed by atoms with Crippen LogP contribution in [0.4, 0.5) is 0 Å². The molecular weight excluding hydrogens is 440 g/mol. The molecule has 2 fully saturated rings. The molecule has 0 amide bonds. The summed E-state index contributed by atoms with van der Waals surface area (Å²) in [5, 5.41) is 0. The number of nitrogens with zero attached hydrogens (tertiary/aromatic N) is 4. The fourth-order valence-electron chi connectivity index (χ4n) is 5.52. The monoisotopic (exact) mass is 472 g/mol. The Morgan fingerprint density at radius 3 is 1.08 bits per heavy atom. The Morgan fingerprint density at radius 2 is 0.750 bits per heavy atom.